The van der Waals surface area contributed by atoms with Crippen LogP contribution in [0.15, 0.2) is 58.3 Å². The molecule has 1 fully saturated rings. The van der Waals surface area contributed by atoms with E-state index in [1.807, 2.05) is 0 Å². The maximum absolute atomic E-state index is 11.0. The number of hydrogen-bond donors (Lipinski definition) is 2. The summed E-state index contributed by atoms with van der Waals surface area (Å²) >= 11 is 0. The van der Waals surface area contributed by atoms with Gasteiger partial charge in [-0.15, -0.1) is 0 Å². The predicted octanol–water partition coefficient (Wildman–Crippen LogP) is 3.44. The van der Waals surface area contributed by atoms with Gasteiger partial charge in [-0.2, -0.15) is 16.8 Å². The molecule has 164 valence electrons. The van der Waals surface area contributed by atoms with Gasteiger partial charge in [0.05, 0.1) is 23.0 Å². The summed E-state index contributed by atoms with van der Waals surface area (Å²) in [5, 5.41) is 0. The van der Waals surface area contributed by atoms with E-state index >= 15 is 0 Å². The van der Waals surface area contributed by atoms with E-state index < -0.39 is 20.2 Å². The van der Waals surface area contributed by atoms with E-state index in [0.717, 1.165) is 25.7 Å². The average Bonchev–Trinajstić information content (AvgIpc) is 2.71. The van der Waals surface area contributed by atoms with Crippen LogP contribution in [0, 0.1) is 11.8 Å². The molecule has 0 amide bonds. The second kappa shape index (κ2) is 9.34. The summed E-state index contributed by atoms with van der Waals surface area (Å²) in [5.41, 5.74) is 0. The standard InChI is InChI=1S/C20H24O8S2/c21-29(22,23)19-9-5-17(6-10-19)27-13-15-1-2-16(4-3-15)14-28-18-7-11-20(12-8-18)30(24,25)26/h5-12,15-16H,1-4,13-14H2,(H,21,22,23)(H,24,25,26). The van der Waals surface area contributed by atoms with E-state index in [2.05, 4.69) is 0 Å². The maximum atomic E-state index is 11.0. The highest BCUT2D eigenvalue weighted by molar-refractivity contribution is 7.86. The first-order chi connectivity index (χ1) is 14.1. The van der Waals surface area contributed by atoms with Crippen molar-refractivity contribution in [2.24, 2.45) is 11.8 Å². The number of ether oxygens (including phenoxy) is 2. The molecule has 0 aromatic heterocycles. The summed E-state index contributed by atoms with van der Waals surface area (Å²) in [6, 6.07) is 11.3. The summed E-state index contributed by atoms with van der Waals surface area (Å²) in [4.78, 5) is -0.328. The van der Waals surface area contributed by atoms with E-state index in [0.29, 0.717) is 36.5 Å². The maximum Gasteiger partial charge on any atom is 0.294 e. The fourth-order valence-corrected chi connectivity index (χ4v) is 4.37. The summed E-state index contributed by atoms with van der Waals surface area (Å²) in [6.45, 7) is 1.08. The van der Waals surface area contributed by atoms with Crippen molar-refractivity contribution in [3.63, 3.8) is 0 Å². The van der Waals surface area contributed by atoms with Crippen molar-refractivity contribution in [2.45, 2.75) is 35.5 Å². The molecular formula is C20H24O8S2. The van der Waals surface area contributed by atoms with Crippen LogP contribution in [0.3, 0.4) is 0 Å². The zero-order valence-electron chi connectivity index (χ0n) is 16.2. The molecule has 2 aromatic carbocycles. The SMILES string of the molecule is O=S(=O)(O)c1ccc(OCC2CCC(COc3ccc(S(=O)(=O)O)cc3)CC2)cc1. The molecule has 2 aromatic rings. The Morgan fingerprint density at radius 1 is 0.633 bits per heavy atom. The van der Waals surface area contributed by atoms with Crippen molar-refractivity contribution in [3.05, 3.63) is 48.5 Å². The third kappa shape index (κ3) is 6.43. The van der Waals surface area contributed by atoms with Gasteiger partial charge in [0.1, 0.15) is 11.5 Å². The fourth-order valence-electron chi connectivity index (χ4n) is 3.41. The van der Waals surface area contributed by atoms with E-state index in [1.54, 1.807) is 0 Å². The monoisotopic (exact) mass is 456 g/mol. The largest absolute Gasteiger partial charge is 0.493 e. The normalized spacial score (nSPS) is 19.9. The van der Waals surface area contributed by atoms with Crippen molar-refractivity contribution < 1.29 is 35.4 Å². The minimum atomic E-state index is -4.20. The third-order valence-corrected chi connectivity index (χ3v) is 6.92. The Hall–Kier alpha value is -2.14. The molecule has 30 heavy (non-hydrogen) atoms. The van der Waals surface area contributed by atoms with Gasteiger partial charge in [0, 0.05) is 0 Å². The van der Waals surface area contributed by atoms with Crippen LogP contribution in [0.1, 0.15) is 25.7 Å². The molecule has 0 radical (unpaired) electrons. The van der Waals surface area contributed by atoms with Gasteiger partial charge in [0.25, 0.3) is 20.2 Å². The van der Waals surface area contributed by atoms with Crippen LogP contribution in [0.25, 0.3) is 0 Å². The molecule has 2 N–H and O–H groups in total. The van der Waals surface area contributed by atoms with Gasteiger partial charge < -0.3 is 9.47 Å². The van der Waals surface area contributed by atoms with Gasteiger partial charge in [0.15, 0.2) is 0 Å². The zero-order valence-corrected chi connectivity index (χ0v) is 17.8. The molecule has 0 atom stereocenters. The highest BCUT2D eigenvalue weighted by Gasteiger charge is 2.22. The molecule has 0 aliphatic heterocycles. The lowest BCUT2D eigenvalue weighted by Gasteiger charge is -2.28. The van der Waals surface area contributed by atoms with Crippen molar-refractivity contribution in [2.75, 3.05) is 13.2 Å². The molecule has 0 spiro atoms. The Kier molecular flexibility index (Phi) is 7.02. The molecule has 1 aliphatic rings. The number of rotatable bonds is 8. The minimum Gasteiger partial charge on any atom is -0.493 e. The van der Waals surface area contributed by atoms with Crippen molar-refractivity contribution in [1.29, 1.82) is 0 Å². The predicted molar refractivity (Wildman–Crippen MR) is 109 cm³/mol. The van der Waals surface area contributed by atoms with E-state index in [9.17, 15) is 16.8 Å². The van der Waals surface area contributed by atoms with Gasteiger partial charge in [-0.1, -0.05) is 0 Å². The minimum absolute atomic E-state index is 0.164. The first-order valence-corrected chi connectivity index (χ1v) is 12.4. The third-order valence-electron chi connectivity index (χ3n) is 5.18. The lowest BCUT2D eigenvalue weighted by Crippen LogP contribution is -2.23. The molecule has 1 aliphatic carbocycles. The van der Waals surface area contributed by atoms with Gasteiger partial charge in [-0.25, -0.2) is 0 Å². The lowest BCUT2D eigenvalue weighted by atomic mass is 9.83. The summed E-state index contributed by atoms with van der Waals surface area (Å²) in [5.74, 6) is 1.91. The van der Waals surface area contributed by atoms with Crippen LogP contribution >= 0.6 is 0 Å². The van der Waals surface area contributed by atoms with E-state index in [1.165, 1.54) is 48.5 Å². The van der Waals surface area contributed by atoms with Crippen LogP contribution in [-0.4, -0.2) is 39.2 Å². The van der Waals surface area contributed by atoms with Crippen molar-refractivity contribution >= 4 is 20.2 Å². The zero-order chi connectivity index (χ0) is 21.8. The van der Waals surface area contributed by atoms with Crippen molar-refractivity contribution in [3.8, 4) is 11.5 Å². The molecule has 0 saturated heterocycles. The van der Waals surface area contributed by atoms with Crippen LogP contribution in [-0.2, 0) is 20.2 Å². The Morgan fingerprint density at radius 2 is 0.933 bits per heavy atom. The molecule has 10 heteroatoms. The molecule has 1 saturated carbocycles. The van der Waals surface area contributed by atoms with Crippen molar-refractivity contribution in [1.82, 2.24) is 0 Å². The van der Waals surface area contributed by atoms with Crippen LogP contribution in [0.2, 0.25) is 0 Å². The first-order valence-electron chi connectivity index (χ1n) is 9.52. The molecular weight excluding hydrogens is 432 g/mol. The summed E-state index contributed by atoms with van der Waals surface area (Å²) in [7, 11) is -8.40. The second-order valence-corrected chi connectivity index (χ2v) is 10.2. The average molecular weight is 457 g/mol. The van der Waals surface area contributed by atoms with E-state index in [4.69, 9.17) is 18.6 Å². The Balaban J connectivity index is 1.39. The van der Waals surface area contributed by atoms with Crippen LogP contribution < -0.4 is 9.47 Å². The lowest BCUT2D eigenvalue weighted by molar-refractivity contribution is 0.148. The summed E-state index contributed by atoms with van der Waals surface area (Å²) in [6.07, 6.45) is 3.94. The molecule has 3 rings (SSSR count). The molecule has 0 bridgehead atoms. The smallest absolute Gasteiger partial charge is 0.294 e. The molecule has 8 nitrogen and oxygen atoms in total. The highest BCUT2D eigenvalue weighted by Crippen LogP contribution is 2.30. The van der Waals surface area contributed by atoms with Gasteiger partial charge in [-0.3, -0.25) is 9.11 Å². The summed E-state index contributed by atoms with van der Waals surface area (Å²) < 4.78 is 73.6. The Morgan fingerprint density at radius 3 is 1.20 bits per heavy atom. The highest BCUT2D eigenvalue weighted by atomic mass is 32.2. The number of hydrogen-bond acceptors (Lipinski definition) is 6. The quantitative estimate of drug-likeness (QED) is 0.578. The van der Waals surface area contributed by atoms with E-state index in [-0.39, 0.29) is 9.79 Å². The Labute approximate surface area is 176 Å². The van der Waals surface area contributed by atoms with Gasteiger partial charge >= 0.3 is 0 Å². The number of benzene rings is 2. The van der Waals surface area contributed by atoms with Gasteiger partial charge in [-0.05, 0) is 86.1 Å². The second-order valence-electron chi connectivity index (χ2n) is 7.40. The van der Waals surface area contributed by atoms with Crippen LogP contribution in [0.4, 0.5) is 0 Å². The molecule has 0 heterocycles. The molecule has 0 unspecified atom stereocenters. The van der Waals surface area contributed by atoms with Gasteiger partial charge in [0.2, 0.25) is 0 Å². The topological polar surface area (TPSA) is 127 Å². The Bertz CT molecular complexity index is 949. The first kappa shape index (κ1) is 22.5. The fraction of sp³-hybridized carbons (Fsp3) is 0.400. The van der Waals surface area contributed by atoms with Crippen LogP contribution in [0.5, 0.6) is 11.5 Å².